The first-order valence-electron chi connectivity index (χ1n) is 7.81. The lowest BCUT2D eigenvalue weighted by Gasteiger charge is -2.19. The van der Waals surface area contributed by atoms with Gasteiger partial charge in [0.05, 0.1) is 16.2 Å². The average molecular weight is 328 g/mol. The maximum Gasteiger partial charge on any atom is 0.254 e. The van der Waals surface area contributed by atoms with Crippen molar-refractivity contribution < 1.29 is 10.0 Å². The van der Waals surface area contributed by atoms with E-state index in [0.717, 1.165) is 41.7 Å². The minimum atomic E-state index is 0.0534. The van der Waals surface area contributed by atoms with E-state index in [9.17, 15) is 4.79 Å². The van der Waals surface area contributed by atoms with Crippen LogP contribution < -0.4 is 0 Å². The molecule has 0 saturated carbocycles. The topological polar surface area (TPSA) is 52.9 Å². The Kier molecular flexibility index (Phi) is 4.76. The van der Waals surface area contributed by atoms with Gasteiger partial charge in [-0.1, -0.05) is 35.5 Å². The Bertz CT molecular complexity index is 722. The van der Waals surface area contributed by atoms with Crippen LogP contribution in [0.5, 0.6) is 0 Å². The molecule has 23 heavy (non-hydrogen) atoms. The molecule has 1 aromatic carbocycles. The van der Waals surface area contributed by atoms with Crippen molar-refractivity contribution in [1.29, 1.82) is 0 Å². The fourth-order valence-corrected chi connectivity index (χ4v) is 4.05. The van der Waals surface area contributed by atoms with Crippen LogP contribution in [-0.2, 0) is 12.8 Å². The second kappa shape index (κ2) is 6.96. The van der Waals surface area contributed by atoms with Gasteiger partial charge in [0.25, 0.3) is 5.91 Å². The number of carbonyl (C=O) groups is 1. The first-order valence-corrected chi connectivity index (χ1v) is 8.69. The molecule has 1 N–H and O–H groups in total. The average Bonchev–Trinajstić information content (AvgIpc) is 3.04. The molecule has 4 nitrogen and oxygen atoms in total. The van der Waals surface area contributed by atoms with Gasteiger partial charge in [-0.25, -0.2) is 0 Å². The molecule has 3 rings (SSSR count). The van der Waals surface area contributed by atoms with Crippen molar-refractivity contribution in [2.24, 2.45) is 5.16 Å². The van der Waals surface area contributed by atoms with Gasteiger partial charge in [-0.05, 0) is 36.8 Å². The van der Waals surface area contributed by atoms with Gasteiger partial charge < -0.3 is 10.1 Å². The predicted octanol–water partition coefficient (Wildman–Crippen LogP) is 3.58. The van der Waals surface area contributed by atoms with Crippen molar-refractivity contribution in [3.05, 3.63) is 57.3 Å². The smallest absolute Gasteiger partial charge is 0.254 e. The maximum absolute atomic E-state index is 12.7. The number of nitrogens with zero attached hydrogens (tertiary/aromatic N) is 2. The van der Waals surface area contributed by atoms with Crippen LogP contribution in [0.15, 0.2) is 40.9 Å². The number of rotatable bonds is 4. The van der Waals surface area contributed by atoms with E-state index in [0.29, 0.717) is 12.3 Å². The number of carbonyl (C=O) groups excluding carboxylic acids is 1. The highest BCUT2D eigenvalue weighted by Crippen LogP contribution is 2.31. The van der Waals surface area contributed by atoms with Crippen LogP contribution in [0.25, 0.3) is 0 Å². The third kappa shape index (κ3) is 3.29. The van der Waals surface area contributed by atoms with Gasteiger partial charge in [0.2, 0.25) is 0 Å². The van der Waals surface area contributed by atoms with E-state index in [4.69, 9.17) is 5.21 Å². The molecule has 1 heterocycles. The zero-order valence-electron chi connectivity index (χ0n) is 13.2. The Hall–Kier alpha value is -2.14. The third-order valence-electron chi connectivity index (χ3n) is 4.27. The number of amides is 1. The van der Waals surface area contributed by atoms with Gasteiger partial charge in [0.15, 0.2) is 0 Å². The number of thiophene rings is 1. The molecule has 0 unspecified atom stereocenters. The number of benzene rings is 1. The molecular weight excluding hydrogens is 308 g/mol. The molecule has 5 heteroatoms. The minimum Gasteiger partial charge on any atom is -0.411 e. The zero-order valence-corrected chi connectivity index (χ0v) is 14.0. The molecule has 2 aromatic rings. The second-order valence-corrected chi connectivity index (χ2v) is 6.70. The summed E-state index contributed by atoms with van der Waals surface area (Å²) in [5.41, 5.74) is 3.75. The van der Waals surface area contributed by atoms with Crippen LogP contribution in [0.3, 0.4) is 0 Å². The normalized spacial score (nSPS) is 15.4. The summed E-state index contributed by atoms with van der Waals surface area (Å²) in [5.74, 6) is 0.0534. The second-order valence-electron chi connectivity index (χ2n) is 5.82. The number of hydrogen-bond acceptors (Lipinski definition) is 4. The zero-order chi connectivity index (χ0) is 16.2. The third-order valence-corrected chi connectivity index (χ3v) is 5.34. The SMILES string of the molecule is CN(CCc1ccccc1)C(=O)c1csc2c1CCC/C2=N/O. The highest BCUT2D eigenvalue weighted by molar-refractivity contribution is 7.12. The molecule has 1 amide bonds. The monoisotopic (exact) mass is 328 g/mol. The summed E-state index contributed by atoms with van der Waals surface area (Å²) in [6.45, 7) is 0.689. The highest BCUT2D eigenvalue weighted by atomic mass is 32.1. The molecule has 0 fully saturated rings. The van der Waals surface area contributed by atoms with Crippen molar-refractivity contribution in [1.82, 2.24) is 4.90 Å². The lowest BCUT2D eigenvalue weighted by molar-refractivity contribution is 0.0796. The van der Waals surface area contributed by atoms with E-state index in [1.54, 1.807) is 4.90 Å². The minimum absolute atomic E-state index is 0.0534. The Morgan fingerprint density at radius 2 is 2.09 bits per heavy atom. The largest absolute Gasteiger partial charge is 0.411 e. The predicted molar refractivity (Wildman–Crippen MR) is 92.7 cm³/mol. The van der Waals surface area contributed by atoms with Crippen molar-refractivity contribution in [2.75, 3.05) is 13.6 Å². The van der Waals surface area contributed by atoms with E-state index in [1.807, 2.05) is 30.6 Å². The maximum atomic E-state index is 12.7. The van der Waals surface area contributed by atoms with E-state index in [-0.39, 0.29) is 5.91 Å². The first-order chi connectivity index (χ1) is 11.2. The number of fused-ring (bicyclic) bond motifs is 1. The molecule has 1 aliphatic carbocycles. The summed E-state index contributed by atoms with van der Waals surface area (Å²) in [6.07, 6.45) is 3.43. The standard InChI is InChI=1S/C18H20N2O2S/c1-20(11-10-13-6-3-2-4-7-13)18(21)15-12-23-17-14(15)8-5-9-16(17)19-22/h2-4,6-7,12,22H,5,8-11H2,1H3/b19-16-. The van der Waals surface area contributed by atoms with E-state index >= 15 is 0 Å². The number of likely N-dealkylation sites (N-methyl/N-ethyl adjacent to an activating group) is 1. The number of oxime groups is 1. The van der Waals surface area contributed by atoms with Crippen molar-refractivity contribution in [3.8, 4) is 0 Å². The molecule has 0 saturated heterocycles. The Labute approximate surface area is 140 Å². The highest BCUT2D eigenvalue weighted by Gasteiger charge is 2.25. The fraction of sp³-hybridized carbons (Fsp3) is 0.333. The summed E-state index contributed by atoms with van der Waals surface area (Å²) in [4.78, 5) is 15.5. The molecule has 0 radical (unpaired) electrons. The van der Waals surface area contributed by atoms with E-state index < -0.39 is 0 Å². The van der Waals surface area contributed by atoms with Gasteiger partial charge in [0.1, 0.15) is 0 Å². The molecule has 120 valence electrons. The molecule has 0 spiro atoms. The van der Waals surface area contributed by atoms with Gasteiger partial charge in [0, 0.05) is 19.0 Å². The summed E-state index contributed by atoms with van der Waals surface area (Å²) in [7, 11) is 1.85. The molecule has 0 atom stereocenters. The van der Waals surface area contributed by atoms with Gasteiger partial charge in [-0.3, -0.25) is 4.79 Å². The summed E-state index contributed by atoms with van der Waals surface area (Å²) in [5, 5.41) is 14.4. The lowest BCUT2D eigenvalue weighted by Crippen LogP contribution is -2.29. The first kappa shape index (κ1) is 15.7. The summed E-state index contributed by atoms with van der Waals surface area (Å²) < 4.78 is 0. The molecule has 1 aromatic heterocycles. The quantitative estimate of drug-likeness (QED) is 0.689. The summed E-state index contributed by atoms with van der Waals surface area (Å²) in [6, 6.07) is 10.2. The van der Waals surface area contributed by atoms with Gasteiger partial charge >= 0.3 is 0 Å². The van der Waals surface area contributed by atoms with Crippen molar-refractivity contribution in [3.63, 3.8) is 0 Å². The molecule has 1 aliphatic rings. The molecule has 0 bridgehead atoms. The lowest BCUT2D eigenvalue weighted by atomic mass is 9.94. The summed E-state index contributed by atoms with van der Waals surface area (Å²) >= 11 is 1.51. The Morgan fingerprint density at radius 1 is 1.30 bits per heavy atom. The van der Waals surface area contributed by atoms with Crippen LogP contribution in [0.2, 0.25) is 0 Å². The van der Waals surface area contributed by atoms with Crippen LogP contribution in [-0.4, -0.2) is 35.3 Å². The fourth-order valence-electron chi connectivity index (χ4n) is 2.94. The Morgan fingerprint density at radius 3 is 2.83 bits per heavy atom. The van der Waals surface area contributed by atoms with Crippen molar-refractivity contribution >= 4 is 23.0 Å². The molecular formula is C18H20N2O2S. The van der Waals surface area contributed by atoms with Crippen LogP contribution in [0.1, 0.15) is 39.2 Å². The van der Waals surface area contributed by atoms with Crippen molar-refractivity contribution in [2.45, 2.75) is 25.7 Å². The number of hydrogen-bond donors (Lipinski definition) is 1. The van der Waals surface area contributed by atoms with E-state index in [1.165, 1.54) is 16.9 Å². The Balaban J connectivity index is 1.72. The van der Waals surface area contributed by atoms with Crippen LogP contribution >= 0.6 is 11.3 Å². The van der Waals surface area contributed by atoms with Crippen LogP contribution in [0.4, 0.5) is 0 Å². The van der Waals surface area contributed by atoms with E-state index in [2.05, 4.69) is 17.3 Å². The van der Waals surface area contributed by atoms with Gasteiger partial charge in [-0.2, -0.15) is 0 Å². The molecule has 0 aliphatic heterocycles. The van der Waals surface area contributed by atoms with Crippen LogP contribution in [0, 0.1) is 0 Å². The van der Waals surface area contributed by atoms with Gasteiger partial charge in [-0.15, -0.1) is 11.3 Å².